The number of aromatic nitrogens is 2. The Labute approximate surface area is 144 Å². The van der Waals surface area contributed by atoms with Crippen molar-refractivity contribution in [2.45, 2.75) is 12.3 Å². The van der Waals surface area contributed by atoms with E-state index in [0.717, 1.165) is 39.8 Å². The third-order valence-electron chi connectivity index (χ3n) is 4.91. The van der Waals surface area contributed by atoms with Crippen molar-refractivity contribution in [2.75, 3.05) is 13.2 Å². The summed E-state index contributed by atoms with van der Waals surface area (Å²) in [6.45, 7) is 1.13. The molecule has 2 aliphatic rings. The molecular weight excluding hydrogens is 314 g/mol. The van der Waals surface area contributed by atoms with E-state index in [2.05, 4.69) is 21.4 Å². The minimum atomic E-state index is -0.0120. The van der Waals surface area contributed by atoms with Crippen LogP contribution >= 0.6 is 0 Å². The summed E-state index contributed by atoms with van der Waals surface area (Å²) in [5.41, 5.74) is 4.53. The van der Waals surface area contributed by atoms with Crippen molar-refractivity contribution in [1.82, 2.24) is 15.3 Å². The van der Waals surface area contributed by atoms with E-state index in [0.29, 0.717) is 19.0 Å². The Kier molecular flexibility index (Phi) is 3.13. The average Bonchev–Trinajstić information content (AvgIpc) is 3.08. The van der Waals surface area contributed by atoms with E-state index in [9.17, 15) is 4.79 Å². The van der Waals surface area contributed by atoms with Crippen molar-refractivity contribution in [1.29, 1.82) is 0 Å². The number of benzene rings is 1. The zero-order valence-electron chi connectivity index (χ0n) is 13.6. The SMILES string of the molecule is O=C1NC[C@H]2C/C=C/COc3ccc4cccc(c4n3)-c3cc1c2[nH]3. The zero-order chi connectivity index (χ0) is 16.8. The van der Waals surface area contributed by atoms with Gasteiger partial charge in [0.05, 0.1) is 11.1 Å². The van der Waals surface area contributed by atoms with Crippen molar-refractivity contribution in [3.63, 3.8) is 0 Å². The van der Waals surface area contributed by atoms with E-state index < -0.39 is 0 Å². The van der Waals surface area contributed by atoms with Crippen molar-refractivity contribution in [3.05, 3.63) is 59.8 Å². The van der Waals surface area contributed by atoms with Gasteiger partial charge < -0.3 is 15.0 Å². The fourth-order valence-corrected chi connectivity index (χ4v) is 3.63. The number of H-pyrrole nitrogens is 1. The molecule has 1 atom stereocenters. The number of hydrogen-bond acceptors (Lipinski definition) is 3. The molecule has 0 unspecified atom stereocenters. The van der Waals surface area contributed by atoms with Gasteiger partial charge in [0.25, 0.3) is 5.91 Å². The largest absolute Gasteiger partial charge is 0.473 e. The topological polar surface area (TPSA) is 67.0 Å². The van der Waals surface area contributed by atoms with Crippen LogP contribution in [0.2, 0.25) is 0 Å². The van der Waals surface area contributed by atoms with Crippen molar-refractivity contribution >= 4 is 16.8 Å². The number of rotatable bonds is 0. The van der Waals surface area contributed by atoms with Crippen LogP contribution in [0.3, 0.4) is 0 Å². The first kappa shape index (κ1) is 14.3. The number of para-hydroxylation sites is 1. The molecule has 4 heterocycles. The highest BCUT2D eigenvalue weighted by atomic mass is 16.5. The quantitative estimate of drug-likeness (QED) is 0.621. The van der Waals surface area contributed by atoms with Crippen LogP contribution in [-0.4, -0.2) is 29.0 Å². The molecule has 0 saturated heterocycles. The summed E-state index contributed by atoms with van der Waals surface area (Å²) in [6, 6.07) is 11.9. The van der Waals surface area contributed by atoms with Crippen LogP contribution in [-0.2, 0) is 0 Å². The lowest BCUT2D eigenvalue weighted by molar-refractivity contribution is 0.0940. The van der Waals surface area contributed by atoms with E-state index in [4.69, 9.17) is 4.74 Å². The molecule has 4 bridgehead atoms. The van der Waals surface area contributed by atoms with Crippen molar-refractivity contribution in [3.8, 4) is 17.1 Å². The van der Waals surface area contributed by atoms with Crippen LogP contribution < -0.4 is 10.1 Å². The number of carbonyl (C=O) groups excluding carboxylic acids is 1. The Hall–Kier alpha value is -3.08. The maximum absolute atomic E-state index is 12.3. The molecule has 1 aromatic carbocycles. The number of pyridine rings is 1. The molecule has 3 aromatic rings. The monoisotopic (exact) mass is 331 g/mol. The predicted octanol–water partition coefficient (Wildman–Crippen LogP) is 3.40. The van der Waals surface area contributed by atoms with E-state index in [-0.39, 0.29) is 11.8 Å². The highest BCUT2D eigenvalue weighted by Gasteiger charge is 2.27. The number of fused-ring (bicyclic) bond motifs is 3. The third kappa shape index (κ3) is 2.31. The normalized spacial score (nSPS) is 20.2. The maximum Gasteiger partial charge on any atom is 0.253 e. The second-order valence-electron chi connectivity index (χ2n) is 6.46. The number of aromatic amines is 1. The standard InChI is InChI=1S/C20H17N3O2/c24-20-15-10-16-14-6-3-5-12-7-8-17(23-18(12)14)25-9-2-1-4-13(11-21-20)19(15)22-16/h1-3,5-8,10,13,22H,4,9,11H2,(H,21,24)/b2-1+/t13-/m1/s1. The van der Waals surface area contributed by atoms with E-state index in [1.807, 2.05) is 42.5 Å². The molecule has 5 heteroatoms. The highest BCUT2D eigenvalue weighted by molar-refractivity contribution is 6.00. The molecule has 0 spiro atoms. The van der Waals surface area contributed by atoms with Crippen LogP contribution in [0.25, 0.3) is 22.2 Å². The molecule has 2 N–H and O–H groups in total. The van der Waals surface area contributed by atoms with Crippen LogP contribution in [0.1, 0.15) is 28.4 Å². The number of amides is 1. The van der Waals surface area contributed by atoms with Crippen molar-refractivity contribution in [2.24, 2.45) is 0 Å². The first-order valence-corrected chi connectivity index (χ1v) is 8.48. The van der Waals surface area contributed by atoms with Gasteiger partial charge >= 0.3 is 0 Å². The van der Waals surface area contributed by atoms with Gasteiger partial charge in [-0.1, -0.05) is 30.4 Å². The molecule has 1 amide bonds. The molecular formula is C20H17N3O2. The number of ether oxygens (including phenoxy) is 1. The maximum atomic E-state index is 12.3. The molecule has 5 rings (SSSR count). The second-order valence-corrected chi connectivity index (χ2v) is 6.46. The molecule has 0 radical (unpaired) electrons. The minimum absolute atomic E-state index is 0.0120. The molecule has 0 saturated carbocycles. The summed E-state index contributed by atoms with van der Waals surface area (Å²) in [5.74, 6) is 0.841. The van der Waals surface area contributed by atoms with Crippen LogP contribution in [0, 0.1) is 0 Å². The zero-order valence-corrected chi connectivity index (χ0v) is 13.6. The fourth-order valence-electron chi connectivity index (χ4n) is 3.63. The first-order chi connectivity index (χ1) is 12.3. The minimum Gasteiger partial charge on any atom is -0.473 e. The van der Waals surface area contributed by atoms with Gasteiger partial charge in [0.1, 0.15) is 6.61 Å². The average molecular weight is 331 g/mol. The Morgan fingerprint density at radius 1 is 1.12 bits per heavy atom. The second kappa shape index (κ2) is 5.48. The first-order valence-electron chi connectivity index (χ1n) is 8.48. The summed E-state index contributed by atoms with van der Waals surface area (Å²) < 4.78 is 5.76. The van der Waals surface area contributed by atoms with Gasteiger partial charge in [-0.05, 0) is 18.6 Å². The Balaban J connectivity index is 1.78. The van der Waals surface area contributed by atoms with Gasteiger partial charge in [-0.15, -0.1) is 0 Å². The van der Waals surface area contributed by atoms with E-state index in [1.165, 1.54) is 0 Å². The van der Waals surface area contributed by atoms with Gasteiger partial charge in [-0.2, -0.15) is 0 Å². The van der Waals surface area contributed by atoms with Crippen LogP contribution in [0.5, 0.6) is 5.88 Å². The molecule has 5 nitrogen and oxygen atoms in total. The summed E-state index contributed by atoms with van der Waals surface area (Å²) >= 11 is 0. The Bertz CT molecular complexity index is 1020. The van der Waals surface area contributed by atoms with Crippen molar-refractivity contribution < 1.29 is 9.53 Å². The van der Waals surface area contributed by atoms with Gasteiger partial charge in [0.15, 0.2) is 0 Å². The van der Waals surface area contributed by atoms with Gasteiger partial charge in [-0.25, -0.2) is 4.98 Å². The number of allylic oxidation sites excluding steroid dienone is 1. The lowest BCUT2D eigenvalue weighted by Gasteiger charge is -2.21. The smallest absolute Gasteiger partial charge is 0.253 e. The number of carbonyl (C=O) groups is 1. The van der Waals surface area contributed by atoms with Gasteiger partial charge in [0.2, 0.25) is 5.88 Å². The number of hydrogen-bond donors (Lipinski definition) is 2. The Morgan fingerprint density at radius 3 is 3.04 bits per heavy atom. The Morgan fingerprint density at radius 2 is 2.08 bits per heavy atom. The lowest BCUT2D eigenvalue weighted by atomic mass is 9.94. The molecule has 25 heavy (non-hydrogen) atoms. The highest BCUT2D eigenvalue weighted by Crippen LogP contribution is 2.34. The predicted molar refractivity (Wildman–Crippen MR) is 95.9 cm³/mol. The molecule has 124 valence electrons. The molecule has 2 aromatic heterocycles. The van der Waals surface area contributed by atoms with E-state index >= 15 is 0 Å². The van der Waals surface area contributed by atoms with Gasteiger partial charge in [-0.3, -0.25) is 4.79 Å². The summed E-state index contributed by atoms with van der Waals surface area (Å²) in [6.07, 6.45) is 4.97. The number of nitrogens with zero attached hydrogens (tertiary/aromatic N) is 1. The summed E-state index contributed by atoms with van der Waals surface area (Å²) in [4.78, 5) is 20.5. The summed E-state index contributed by atoms with van der Waals surface area (Å²) in [7, 11) is 0. The lowest BCUT2D eigenvalue weighted by Crippen LogP contribution is -2.34. The van der Waals surface area contributed by atoms with Gasteiger partial charge in [0, 0.05) is 40.9 Å². The van der Waals surface area contributed by atoms with Crippen LogP contribution in [0.15, 0.2) is 48.6 Å². The van der Waals surface area contributed by atoms with E-state index in [1.54, 1.807) is 0 Å². The molecule has 0 aliphatic carbocycles. The third-order valence-corrected chi connectivity index (χ3v) is 4.91. The number of nitrogens with one attached hydrogen (secondary N) is 2. The summed E-state index contributed by atoms with van der Waals surface area (Å²) in [5, 5.41) is 4.03. The molecule has 0 fully saturated rings. The van der Waals surface area contributed by atoms with Crippen LogP contribution in [0.4, 0.5) is 0 Å². The molecule has 2 aliphatic heterocycles. The fraction of sp³-hybridized carbons (Fsp3) is 0.200.